The second-order valence-corrected chi connectivity index (χ2v) is 4.89. The van der Waals surface area contributed by atoms with Gasteiger partial charge in [0.25, 0.3) is 5.91 Å². The highest BCUT2D eigenvalue weighted by Gasteiger charge is 2.08. The average molecular weight is 304 g/mol. The van der Waals surface area contributed by atoms with Gasteiger partial charge in [-0.05, 0) is 30.7 Å². The van der Waals surface area contributed by atoms with Crippen molar-refractivity contribution in [3.63, 3.8) is 0 Å². The Morgan fingerprint density at radius 3 is 2.62 bits per heavy atom. The number of rotatable bonds is 5. The normalized spacial score (nSPS) is 10.0. The minimum atomic E-state index is -0.323. The lowest BCUT2D eigenvalue weighted by atomic mass is 10.1. The van der Waals surface area contributed by atoms with Gasteiger partial charge in [0.2, 0.25) is 0 Å². The van der Waals surface area contributed by atoms with Crippen LogP contribution in [-0.2, 0) is 11.2 Å². The molecule has 0 aliphatic rings. The van der Waals surface area contributed by atoms with Crippen molar-refractivity contribution >= 4 is 23.3 Å². The van der Waals surface area contributed by atoms with E-state index in [1.165, 1.54) is 6.92 Å². The third-order valence-electron chi connectivity index (χ3n) is 2.83. The number of hydrogen-bond acceptors (Lipinski definition) is 3. The van der Waals surface area contributed by atoms with Crippen LogP contribution in [0.1, 0.15) is 22.8 Å². The SMILES string of the molecule is CC(=O)c1cccc(ONC(=O)Cc2ccccc2Cl)c1. The molecule has 0 saturated carbocycles. The fourth-order valence-electron chi connectivity index (χ4n) is 1.75. The van der Waals surface area contributed by atoms with Crippen LogP contribution in [0.4, 0.5) is 0 Å². The first-order chi connectivity index (χ1) is 10.1. The number of carbonyl (C=O) groups excluding carboxylic acids is 2. The number of nitrogens with one attached hydrogen (secondary N) is 1. The van der Waals surface area contributed by atoms with Crippen molar-refractivity contribution in [3.8, 4) is 5.75 Å². The maximum atomic E-state index is 11.8. The van der Waals surface area contributed by atoms with E-state index in [1.54, 1.807) is 42.5 Å². The van der Waals surface area contributed by atoms with Gasteiger partial charge in [0.05, 0.1) is 6.42 Å². The zero-order valence-electron chi connectivity index (χ0n) is 11.4. The highest BCUT2D eigenvalue weighted by atomic mass is 35.5. The predicted octanol–water partition coefficient (Wildman–Crippen LogP) is 3.20. The molecule has 5 heteroatoms. The molecule has 0 aliphatic carbocycles. The third kappa shape index (κ3) is 4.33. The van der Waals surface area contributed by atoms with E-state index >= 15 is 0 Å². The zero-order valence-corrected chi connectivity index (χ0v) is 12.2. The van der Waals surface area contributed by atoms with Crippen molar-refractivity contribution in [1.29, 1.82) is 0 Å². The number of Topliss-reactive ketones (excluding diaryl/α,β-unsaturated/α-hetero) is 1. The van der Waals surface area contributed by atoms with E-state index in [1.807, 2.05) is 6.07 Å². The summed E-state index contributed by atoms with van der Waals surface area (Å²) in [6.07, 6.45) is 0.117. The maximum absolute atomic E-state index is 11.8. The van der Waals surface area contributed by atoms with Gasteiger partial charge >= 0.3 is 0 Å². The number of amides is 1. The Bertz CT molecular complexity index is 670. The van der Waals surface area contributed by atoms with Crippen LogP contribution in [0.2, 0.25) is 5.02 Å². The first-order valence-corrected chi connectivity index (χ1v) is 6.74. The number of hydrogen-bond donors (Lipinski definition) is 1. The molecular weight excluding hydrogens is 290 g/mol. The highest BCUT2D eigenvalue weighted by Crippen LogP contribution is 2.16. The number of carbonyl (C=O) groups is 2. The van der Waals surface area contributed by atoms with Crippen LogP contribution in [-0.4, -0.2) is 11.7 Å². The maximum Gasteiger partial charge on any atom is 0.257 e. The van der Waals surface area contributed by atoms with Crippen LogP contribution in [0.15, 0.2) is 48.5 Å². The zero-order chi connectivity index (χ0) is 15.2. The smallest absolute Gasteiger partial charge is 0.257 e. The van der Waals surface area contributed by atoms with Gasteiger partial charge in [0.15, 0.2) is 11.5 Å². The lowest BCUT2D eigenvalue weighted by Crippen LogP contribution is -2.28. The molecule has 2 aromatic carbocycles. The van der Waals surface area contributed by atoms with Crippen LogP contribution in [0.5, 0.6) is 5.75 Å². The molecule has 0 radical (unpaired) electrons. The monoisotopic (exact) mass is 303 g/mol. The fraction of sp³-hybridized carbons (Fsp3) is 0.125. The molecule has 0 spiro atoms. The Morgan fingerprint density at radius 1 is 1.14 bits per heavy atom. The second kappa shape index (κ2) is 6.90. The van der Waals surface area contributed by atoms with E-state index in [-0.39, 0.29) is 18.1 Å². The van der Waals surface area contributed by atoms with Gasteiger partial charge in [-0.2, -0.15) is 5.48 Å². The molecule has 2 aromatic rings. The van der Waals surface area contributed by atoms with Crippen LogP contribution in [0.3, 0.4) is 0 Å². The molecule has 0 fully saturated rings. The summed E-state index contributed by atoms with van der Waals surface area (Å²) < 4.78 is 0. The fourth-order valence-corrected chi connectivity index (χ4v) is 1.95. The van der Waals surface area contributed by atoms with E-state index in [2.05, 4.69) is 5.48 Å². The summed E-state index contributed by atoms with van der Waals surface area (Å²) >= 11 is 5.98. The van der Waals surface area contributed by atoms with E-state index in [4.69, 9.17) is 16.4 Å². The summed E-state index contributed by atoms with van der Waals surface area (Å²) in [4.78, 5) is 28.2. The van der Waals surface area contributed by atoms with E-state index in [0.29, 0.717) is 16.3 Å². The lowest BCUT2D eigenvalue weighted by molar-refractivity contribution is -0.126. The largest absolute Gasteiger partial charge is 0.380 e. The Kier molecular flexibility index (Phi) is 4.95. The van der Waals surface area contributed by atoms with Gasteiger partial charge in [0, 0.05) is 10.6 Å². The molecule has 2 rings (SSSR count). The van der Waals surface area contributed by atoms with E-state index < -0.39 is 0 Å². The molecule has 21 heavy (non-hydrogen) atoms. The molecule has 0 unspecified atom stereocenters. The minimum Gasteiger partial charge on any atom is -0.380 e. The molecule has 0 atom stereocenters. The summed E-state index contributed by atoms with van der Waals surface area (Å²) in [7, 11) is 0. The highest BCUT2D eigenvalue weighted by molar-refractivity contribution is 6.31. The predicted molar refractivity (Wildman–Crippen MR) is 80.4 cm³/mol. The van der Waals surface area contributed by atoms with Gasteiger partial charge in [0.1, 0.15) is 0 Å². The van der Waals surface area contributed by atoms with Crippen molar-refractivity contribution in [3.05, 3.63) is 64.7 Å². The van der Waals surface area contributed by atoms with Gasteiger partial charge in [-0.3, -0.25) is 9.59 Å². The number of halogens is 1. The molecule has 1 amide bonds. The summed E-state index contributed by atoms with van der Waals surface area (Å²) in [5.41, 5.74) is 3.57. The Hall–Kier alpha value is -2.33. The van der Waals surface area contributed by atoms with Gasteiger partial charge in [-0.1, -0.05) is 41.9 Å². The van der Waals surface area contributed by atoms with Crippen LogP contribution >= 0.6 is 11.6 Å². The van der Waals surface area contributed by atoms with Crippen molar-refractivity contribution in [2.45, 2.75) is 13.3 Å². The van der Waals surface area contributed by atoms with E-state index in [9.17, 15) is 9.59 Å². The van der Waals surface area contributed by atoms with Crippen molar-refractivity contribution < 1.29 is 14.4 Å². The third-order valence-corrected chi connectivity index (χ3v) is 3.20. The molecule has 0 aliphatic heterocycles. The number of ketones is 1. The molecular formula is C16H14ClNO3. The van der Waals surface area contributed by atoms with Crippen molar-refractivity contribution in [1.82, 2.24) is 5.48 Å². The molecule has 0 heterocycles. The second-order valence-electron chi connectivity index (χ2n) is 4.48. The Labute approximate surface area is 127 Å². The van der Waals surface area contributed by atoms with Gasteiger partial charge in [-0.15, -0.1) is 0 Å². The molecule has 1 N–H and O–H groups in total. The van der Waals surface area contributed by atoms with Crippen LogP contribution < -0.4 is 10.3 Å². The summed E-state index contributed by atoms with van der Waals surface area (Å²) in [5, 5.41) is 0.534. The molecule has 4 nitrogen and oxygen atoms in total. The Balaban J connectivity index is 1.94. The quantitative estimate of drug-likeness (QED) is 0.681. The lowest BCUT2D eigenvalue weighted by Gasteiger charge is -2.08. The van der Waals surface area contributed by atoms with Crippen LogP contribution in [0.25, 0.3) is 0 Å². The minimum absolute atomic E-state index is 0.0668. The summed E-state index contributed by atoms with van der Waals surface area (Å²) in [6.45, 7) is 1.47. The molecule has 0 aromatic heterocycles. The van der Waals surface area contributed by atoms with Crippen molar-refractivity contribution in [2.75, 3.05) is 0 Å². The van der Waals surface area contributed by atoms with Crippen molar-refractivity contribution in [2.24, 2.45) is 0 Å². The topological polar surface area (TPSA) is 55.4 Å². The number of hydroxylamine groups is 1. The van der Waals surface area contributed by atoms with E-state index in [0.717, 1.165) is 5.56 Å². The average Bonchev–Trinajstić information content (AvgIpc) is 2.48. The molecule has 0 bridgehead atoms. The number of benzene rings is 2. The van der Waals surface area contributed by atoms with Gasteiger partial charge in [-0.25, -0.2) is 0 Å². The van der Waals surface area contributed by atoms with Crippen LogP contribution in [0, 0.1) is 0 Å². The summed E-state index contributed by atoms with van der Waals surface area (Å²) in [6, 6.07) is 13.7. The summed E-state index contributed by atoms with van der Waals surface area (Å²) in [5.74, 6) is 0.00869. The first kappa shape index (κ1) is 15.1. The molecule has 108 valence electrons. The van der Waals surface area contributed by atoms with Gasteiger partial charge < -0.3 is 4.84 Å². The standard InChI is InChI=1S/C16H14ClNO3/c1-11(19)12-6-4-7-14(9-12)21-18-16(20)10-13-5-2-3-8-15(13)17/h2-9H,10H2,1H3,(H,18,20). The first-order valence-electron chi connectivity index (χ1n) is 6.36. The Morgan fingerprint density at radius 2 is 1.90 bits per heavy atom. The molecule has 0 saturated heterocycles.